The van der Waals surface area contributed by atoms with Crippen LogP contribution >= 0.6 is 0 Å². The standard InChI is InChI=1S/C33H53N3O9/c1-3-33(19-43-30(40)17-16-29(38)39,20-44-31(41)35-27-10-4-23(2)5-11-27)21-45-32(42)36-28-14-8-25(9-15-28)18-24-6-12-26(13-7-24)34-22-37/h23-28H,3-21H2,1-2H3,(H,35,41)(H,36,42)(H,38,39). The van der Waals surface area contributed by atoms with Gasteiger partial charge in [-0.25, -0.2) is 19.4 Å². The number of nitrogens with zero attached hydrogens (tertiary/aromatic N) is 1. The van der Waals surface area contributed by atoms with Gasteiger partial charge < -0.3 is 30.0 Å². The third-order valence-corrected chi connectivity index (χ3v) is 10.1. The monoisotopic (exact) mass is 635 g/mol. The van der Waals surface area contributed by atoms with Gasteiger partial charge in [0.1, 0.15) is 19.8 Å². The van der Waals surface area contributed by atoms with Crippen LogP contribution in [0, 0.1) is 23.2 Å². The van der Waals surface area contributed by atoms with Crippen LogP contribution in [0.4, 0.5) is 9.59 Å². The Bertz CT molecular complexity index is 1010. The molecule has 1 unspecified atom stereocenters. The number of hydrogen-bond donors (Lipinski definition) is 3. The van der Waals surface area contributed by atoms with Crippen molar-refractivity contribution >= 4 is 30.2 Å². The SMILES string of the molecule is CCC(COC(=O)CCC(=O)O)(COC(=O)NC1CCC(C)CC1)COC(=O)NC1CCC(CC2CCC(N=C=O)CC2)CC1. The average Bonchev–Trinajstić information content (AvgIpc) is 3.03. The molecular weight excluding hydrogens is 582 g/mol. The molecule has 3 saturated carbocycles. The largest absolute Gasteiger partial charge is 0.481 e. The molecule has 3 N–H and O–H groups in total. The number of rotatable bonds is 15. The Morgan fingerprint density at radius 2 is 1.24 bits per heavy atom. The van der Waals surface area contributed by atoms with Gasteiger partial charge >= 0.3 is 24.1 Å². The highest BCUT2D eigenvalue weighted by Crippen LogP contribution is 2.36. The van der Waals surface area contributed by atoms with Crippen LogP contribution in [0.15, 0.2) is 4.99 Å². The fourth-order valence-electron chi connectivity index (χ4n) is 6.80. The van der Waals surface area contributed by atoms with Crippen LogP contribution in [-0.4, -0.2) is 73.3 Å². The molecule has 0 bridgehead atoms. The molecule has 12 nitrogen and oxygen atoms in total. The van der Waals surface area contributed by atoms with Gasteiger partial charge in [-0.05, 0) is 108 Å². The van der Waals surface area contributed by atoms with E-state index in [4.69, 9.17) is 19.3 Å². The smallest absolute Gasteiger partial charge is 0.407 e. The van der Waals surface area contributed by atoms with Crippen LogP contribution in [-0.2, 0) is 28.6 Å². The number of amides is 2. The van der Waals surface area contributed by atoms with Crippen molar-refractivity contribution in [2.45, 2.75) is 135 Å². The van der Waals surface area contributed by atoms with Crippen LogP contribution < -0.4 is 10.6 Å². The molecular formula is C33H53N3O9. The molecule has 254 valence electrons. The van der Waals surface area contributed by atoms with Crippen LogP contribution in [0.3, 0.4) is 0 Å². The van der Waals surface area contributed by atoms with E-state index in [2.05, 4.69) is 22.5 Å². The van der Waals surface area contributed by atoms with Crippen molar-refractivity contribution in [3.63, 3.8) is 0 Å². The van der Waals surface area contributed by atoms with Gasteiger partial charge in [-0.3, -0.25) is 9.59 Å². The van der Waals surface area contributed by atoms with Crippen molar-refractivity contribution in [3.8, 4) is 0 Å². The lowest BCUT2D eigenvalue weighted by Gasteiger charge is -2.34. The third-order valence-electron chi connectivity index (χ3n) is 10.1. The molecule has 0 aromatic carbocycles. The quantitative estimate of drug-likeness (QED) is 0.0888. The number of esters is 1. The van der Waals surface area contributed by atoms with Crippen molar-refractivity contribution in [2.75, 3.05) is 19.8 Å². The average molecular weight is 636 g/mol. The molecule has 3 rings (SSSR count). The molecule has 0 saturated heterocycles. The number of carboxylic acids is 1. The zero-order valence-corrected chi connectivity index (χ0v) is 27.1. The van der Waals surface area contributed by atoms with Crippen molar-refractivity contribution in [3.05, 3.63) is 0 Å². The number of ether oxygens (including phenoxy) is 3. The number of alkyl carbamates (subject to hydrolysis) is 2. The van der Waals surface area contributed by atoms with Gasteiger partial charge in [-0.1, -0.05) is 13.8 Å². The first-order valence-corrected chi connectivity index (χ1v) is 16.9. The van der Waals surface area contributed by atoms with Crippen molar-refractivity contribution < 1.29 is 43.3 Å². The first kappa shape index (κ1) is 36.3. The second-order valence-corrected chi connectivity index (χ2v) is 13.7. The molecule has 12 heteroatoms. The Morgan fingerprint density at radius 1 is 0.756 bits per heavy atom. The Labute approximate surface area is 266 Å². The summed E-state index contributed by atoms with van der Waals surface area (Å²) in [5, 5.41) is 14.8. The van der Waals surface area contributed by atoms with Gasteiger partial charge in [0.2, 0.25) is 6.08 Å². The second kappa shape index (κ2) is 18.7. The highest BCUT2D eigenvalue weighted by Gasteiger charge is 2.35. The Balaban J connectivity index is 1.45. The maximum absolute atomic E-state index is 12.8. The number of carboxylic acid groups (broad SMARTS) is 1. The number of isocyanates is 1. The third kappa shape index (κ3) is 13.4. The molecule has 3 aliphatic carbocycles. The van der Waals surface area contributed by atoms with Gasteiger partial charge in [-0.2, -0.15) is 0 Å². The minimum absolute atomic E-state index is 0.0107. The fraction of sp³-hybridized carbons (Fsp3) is 0.848. The van der Waals surface area contributed by atoms with E-state index >= 15 is 0 Å². The number of hydrogen-bond acceptors (Lipinski definition) is 9. The summed E-state index contributed by atoms with van der Waals surface area (Å²) in [6, 6.07) is 0.194. The van der Waals surface area contributed by atoms with E-state index in [1.807, 2.05) is 6.92 Å². The summed E-state index contributed by atoms with van der Waals surface area (Å²) in [6.07, 6.45) is 13.3. The Kier molecular flexibility index (Phi) is 15.1. The lowest BCUT2D eigenvalue weighted by Crippen LogP contribution is -2.44. The zero-order valence-electron chi connectivity index (χ0n) is 27.1. The van der Waals surface area contributed by atoms with E-state index < -0.39 is 29.5 Å². The summed E-state index contributed by atoms with van der Waals surface area (Å²) >= 11 is 0. The second-order valence-electron chi connectivity index (χ2n) is 13.7. The van der Waals surface area contributed by atoms with Gasteiger partial charge in [0.15, 0.2) is 0 Å². The molecule has 0 heterocycles. The molecule has 3 fully saturated rings. The Morgan fingerprint density at radius 3 is 1.73 bits per heavy atom. The molecule has 0 aromatic rings. The summed E-state index contributed by atoms with van der Waals surface area (Å²) in [6.45, 7) is 3.58. The van der Waals surface area contributed by atoms with Crippen molar-refractivity contribution in [1.82, 2.24) is 10.6 Å². The van der Waals surface area contributed by atoms with E-state index in [1.165, 1.54) is 6.42 Å². The van der Waals surface area contributed by atoms with Gasteiger partial charge in [0, 0.05) is 12.1 Å². The van der Waals surface area contributed by atoms with Gasteiger partial charge in [-0.15, -0.1) is 0 Å². The molecule has 0 radical (unpaired) electrons. The summed E-state index contributed by atoms with van der Waals surface area (Å²) in [4.78, 5) is 62.9. The van der Waals surface area contributed by atoms with E-state index in [9.17, 15) is 24.0 Å². The van der Waals surface area contributed by atoms with Crippen LogP contribution in [0.2, 0.25) is 0 Å². The van der Waals surface area contributed by atoms with E-state index in [0.29, 0.717) is 24.2 Å². The van der Waals surface area contributed by atoms with Crippen molar-refractivity contribution in [1.29, 1.82) is 0 Å². The minimum Gasteiger partial charge on any atom is -0.481 e. The highest BCUT2D eigenvalue weighted by atomic mass is 16.6. The number of aliphatic carboxylic acids is 1. The predicted molar refractivity (Wildman–Crippen MR) is 165 cm³/mol. The number of nitrogens with one attached hydrogen (secondary N) is 2. The van der Waals surface area contributed by atoms with E-state index in [-0.39, 0.29) is 50.8 Å². The lowest BCUT2D eigenvalue weighted by atomic mass is 9.76. The number of carbonyl (C=O) groups excluding carboxylic acids is 4. The van der Waals surface area contributed by atoms with E-state index in [1.54, 1.807) is 6.08 Å². The predicted octanol–water partition coefficient (Wildman–Crippen LogP) is 5.67. The van der Waals surface area contributed by atoms with Crippen LogP contribution in [0.1, 0.15) is 117 Å². The molecule has 0 aliphatic heterocycles. The van der Waals surface area contributed by atoms with Gasteiger partial charge in [0.25, 0.3) is 0 Å². The fourth-order valence-corrected chi connectivity index (χ4v) is 6.80. The van der Waals surface area contributed by atoms with Crippen LogP contribution in [0.25, 0.3) is 0 Å². The minimum atomic E-state index is -1.10. The van der Waals surface area contributed by atoms with E-state index in [0.717, 1.165) is 77.0 Å². The Hall–Kier alpha value is -3.14. The summed E-state index contributed by atoms with van der Waals surface area (Å²) in [7, 11) is 0. The summed E-state index contributed by atoms with van der Waals surface area (Å²) in [5.41, 5.74) is -0.984. The summed E-state index contributed by atoms with van der Waals surface area (Å²) < 4.78 is 16.6. The number of carbonyl (C=O) groups is 4. The number of aliphatic imine (C=N–C) groups is 1. The van der Waals surface area contributed by atoms with Crippen molar-refractivity contribution in [2.24, 2.45) is 28.2 Å². The molecule has 1 atom stereocenters. The lowest BCUT2D eigenvalue weighted by molar-refractivity contribution is -0.152. The molecule has 0 spiro atoms. The maximum Gasteiger partial charge on any atom is 0.407 e. The van der Waals surface area contributed by atoms with Gasteiger partial charge in [0.05, 0.1) is 24.3 Å². The normalized spacial score (nSPS) is 28.0. The highest BCUT2D eigenvalue weighted by molar-refractivity contribution is 5.76. The topological polar surface area (TPSA) is 170 Å². The first-order chi connectivity index (χ1) is 21.6. The molecule has 0 aromatic heterocycles. The molecule has 2 amide bonds. The summed E-state index contributed by atoms with van der Waals surface area (Å²) in [5.74, 6) is 0.146. The first-order valence-electron chi connectivity index (χ1n) is 16.9. The zero-order chi connectivity index (χ0) is 32.7. The van der Waals surface area contributed by atoms with Crippen LogP contribution in [0.5, 0.6) is 0 Å². The molecule has 3 aliphatic rings. The molecule has 45 heavy (non-hydrogen) atoms. The maximum atomic E-state index is 12.8.